The Morgan fingerprint density at radius 1 is 1.50 bits per heavy atom. The van der Waals surface area contributed by atoms with Crippen LogP contribution in [0.4, 0.5) is 0 Å². The predicted molar refractivity (Wildman–Crippen MR) is 70.6 cm³/mol. The van der Waals surface area contributed by atoms with E-state index in [1.54, 1.807) is 7.11 Å². The molecule has 4 nitrogen and oxygen atoms in total. The van der Waals surface area contributed by atoms with Crippen molar-refractivity contribution in [3.05, 3.63) is 35.7 Å². The van der Waals surface area contributed by atoms with Crippen molar-refractivity contribution in [3.63, 3.8) is 0 Å². The largest absolute Gasteiger partial charge is 0.496 e. The number of nitrogens with zero attached hydrogens (tertiary/aromatic N) is 1. The summed E-state index contributed by atoms with van der Waals surface area (Å²) in [6.45, 7) is 3.84. The molecule has 1 unspecified atom stereocenters. The van der Waals surface area contributed by atoms with Crippen molar-refractivity contribution in [3.8, 4) is 5.88 Å². The molecule has 0 radical (unpaired) electrons. The summed E-state index contributed by atoms with van der Waals surface area (Å²) in [5.74, 6) is 1.71. The summed E-state index contributed by atoms with van der Waals surface area (Å²) >= 11 is 0. The molecular formula is C14H20N2O2. The molecule has 0 fully saturated rings. The molecule has 1 aliphatic rings. The van der Waals surface area contributed by atoms with Gasteiger partial charge in [0.25, 0.3) is 0 Å². The van der Waals surface area contributed by atoms with E-state index in [0.29, 0.717) is 5.88 Å². The molecule has 0 spiro atoms. The van der Waals surface area contributed by atoms with Crippen LogP contribution in [0.25, 0.3) is 0 Å². The fourth-order valence-corrected chi connectivity index (χ4v) is 2.09. The average Bonchev–Trinajstić information content (AvgIpc) is 2.93. The van der Waals surface area contributed by atoms with Crippen LogP contribution in [0.15, 0.2) is 30.2 Å². The maximum absolute atomic E-state index is 5.64. The molecule has 4 heteroatoms. The Hall–Kier alpha value is -1.55. The lowest BCUT2D eigenvalue weighted by Gasteiger charge is -2.19. The normalized spacial score (nSPS) is 16.0. The second-order valence-corrected chi connectivity index (χ2v) is 4.27. The van der Waals surface area contributed by atoms with Gasteiger partial charge in [-0.25, -0.2) is 4.98 Å². The van der Waals surface area contributed by atoms with E-state index >= 15 is 0 Å². The van der Waals surface area contributed by atoms with Crippen LogP contribution >= 0.6 is 0 Å². The van der Waals surface area contributed by atoms with E-state index in [-0.39, 0.29) is 6.04 Å². The Bertz CT molecular complexity index is 401. The number of hydrogen-bond acceptors (Lipinski definition) is 4. The Balaban J connectivity index is 2.02. The van der Waals surface area contributed by atoms with Gasteiger partial charge >= 0.3 is 0 Å². The highest BCUT2D eigenvalue weighted by atomic mass is 16.5. The average molecular weight is 248 g/mol. The number of nitrogens with one attached hydrogen (secondary N) is 1. The highest BCUT2D eigenvalue weighted by Crippen LogP contribution is 2.17. The summed E-state index contributed by atoms with van der Waals surface area (Å²) in [4.78, 5) is 4.23. The van der Waals surface area contributed by atoms with Crippen molar-refractivity contribution >= 4 is 0 Å². The number of aromatic nitrogens is 1. The molecule has 2 rings (SSSR count). The van der Waals surface area contributed by atoms with Gasteiger partial charge in [0, 0.05) is 18.7 Å². The van der Waals surface area contributed by atoms with Crippen molar-refractivity contribution in [2.24, 2.45) is 0 Å². The van der Waals surface area contributed by atoms with Gasteiger partial charge in [-0.3, -0.25) is 0 Å². The molecule has 1 atom stereocenters. The SMILES string of the molecule is CCNC(Cc1ccc(OC)nc1)C1=CCCO1. The molecule has 1 aromatic heterocycles. The van der Waals surface area contributed by atoms with Gasteiger partial charge in [0.15, 0.2) is 0 Å². The lowest BCUT2D eigenvalue weighted by molar-refractivity contribution is 0.215. The molecule has 0 amide bonds. The molecule has 0 aliphatic carbocycles. The second kappa shape index (κ2) is 6.40. The topological polar surface area (TPSA) is 43.4 Å². The summed E-state index contributed by atoms with van der Waals surface area (Å²) in [5.41, 5.74) is 1.18. The summed E-state index contributed by atoms with van der Waals surface area (Å²) in [6, 6.07) is 4.18. The number of rotatable bonds is 6. The van der Waals surface area contributed by atoms with Crippen LogP contribution in [-0.4, -0.2) is 31.3 Å². The molecule has 1 N–H and O–H groups in total. The van der Waals surface area contributed by atoms with Crippen molar-refractivity contribution in [1.82, 2.24) is 10.3 Å². The predicted octanol–water partition coefficient (Wildman–Crippen LogP) is 1.91. The van der Waals surface area contributed by atoms with E-state index in [9.17, 15) is 0 Å². The van der Waals surface area contributed by atoms with Crippen molar-refractivity contribution in [2.45, 2.75) is 25.8 Å². The first-order valence-electron chi connectivity index (χ1n) is 6.38. The minimum Gasteiger partial charge on any atom is -0.496 e. The van der Waals surface area contributed by atoms with Crippen LogP contribution < -0.4 is 10.1 Å². The monoisotopic (exact) mass is 248 g/mol. The highest BCUT2D eigenvalue weighted by molar-refractivity contribution is 5.21. The van der Waals surface area contributed by atoms with Gasteiger partial charge in [-0.2, -0.15) is 0 Å². The Morgan fingerprint density at radius 3 is 2.94 bits per heavy atom. The van der Waals surface area contributed by atoms with Gasteiger partial charge in [0.1, 0.15) is 5.76 Å². The third-order valence-electron chi connectivity index (χ3n) is 2.97. The van der Waals surface area contributed by atoms with Gasteiger partial charge in [-0.05, 0) is 24.6 Å². The number of pyridine rings is 1. The van der Waals surface area contributed by atoms with E-state index in [1.165, 1.54) is 5.56 Å². The molecule has 0 saturated heterocycles. The number of methoxy groups -OCH3 is 1. The number of hydrogen-bond donors (Lipinski definition) is 1. The molecule has 98 valence electrons. The number of likely N-dealkylation sites (N-methyl/N-ethyl adjacent to an activating group) is 1. The quantitative estimate of drug-likeness (QED) is 0.835. The minimum atomic E-state index is 0.243. The molecule has 2 heterocycles. The first-order valence-corrected chi connectivity index (χ1v) is 6.38. The van der Waals surface area contributed by atoms with Crippen molar-refractivity contribution in [2.75, 3.05) is 20.3 Å². The summed E-state index contributed by atoms with van der Waals surface area (Å²) in [5, 5.41) is 3.45. The lowest BCUT2D eigenvalue weighted by atomic mass is 10.1. The van der Waals surface area contributed by atoms with E-state index in [0.717, 1.165) is 31.8 Å². The standard InChI is InChI=1S/C14H20N2O2/c1-3-15-12(13-5-4-8-18-13)9-11-6-7-14(17-2)16-10-11/h5-7,10,12,15H,3-4,8-9H2,1-2H3. The second-order valence-electron chi connectivity index (χ2n) is 4.27. The van der Waals surface area contributed by atoms with Gasteiger partial charge in [0.2, 0.25) is 5.88 Å². The maximum atomic E-state index is 5.64. The Labute approximate surface area is 108 Å². The Morgan fingerprint density at radius 2 is 2.39 bits per heavy atom. The molecule has 0 bridgehead atoms. The fourth-order valence-electron chi connectivity index (χ4n) is 2.09. The van der Waals surface area contributed by atoms with Crippen LogP contribution in [0.5, 0.6) is 5.88 Å². The van der Waals surface area contributed by atoms with E-state index < -0.39 is 0 Å². The number of ether oxygens (including phenoxy) is 2. The summed E-state index contributed by atoms with van der Waals surface area (Å²) < 4.78 is 10.7. The van der Waals surface area contributed by atoms with Crippen molar-refractivity contribution < 1.29 is 9.47 Å². The van der Waals surface area contributed by atoms with E-state index in [2.05, 4.69) is 23.3 Å². The zero-order chi connectivity index (χ0) is 12.8. The smallest absolute Gasteiger partial charge is 0.212 e. The molecule has 18 heavy (non-hydrogen) atoms. The summed E-state index contributed by atoms with van der Waals surface area (Å²) in [6.07, 6.45) is 5.93. The third-order valence-corrected chi connectivity index (χ3v) is 2.97. The zero-order valence-corrected chi connectivity index (χ0v) is 11.0. The van der Waals surface area contributed by atoms with Gasteiger partial charge in [-0.15, -0.1) is 0 Å². The third kappa shape index (κ3) is 3.23. The molecule has 1 aliphatic heterocycles. The van der Waals surface area contributed by atoms with Crippen LogP contribution in [0, 0.1) is 0 Å². The van der Waals surface area contributed by atoms with Crippen molar-refractivity contribution in [1.29, 1.82) is 0 Å². The molecule has 1 aromatic rings. The van der Waals surface area contributed by atoms with Gasteiger partial charge in [-0.1, -0.05) is 13.0 Å². The molecule has 0 saturated carbocycles. The molecule has 0 aromatic carbocycles. The van der Waals surface area contributed by atoms with Gasteiger partial charge in [0.05, 0.1) is 19.8 Å². The van der Waals surface area contributed by atoms with Gasteiger partial charge < -0.3 is 14.8 Å². The highest BCUT2D eigenvalue weighted by Gasteiger charge is 2.18. The lowest BCUT2D eigenvalue weighted by Crippen LogP contribution is -2.33. The Kier molecular flexibility index (Phi) is 4.59. The first kappa shape index (κ1) is 12.9. The zero-order valence-electron chi connectivity index (χ0n) is 11.0. The van der Waals surface area contributed by atoms with E-state index in [4.69, 9.17) is 9.47 Å². The fraction of sp³-hybridized carbons (Fsp3) is 0.500. The molecular weight excluding hydrogens is 228 g/mol. The van der Waals surface area contributed by atoms with E-state index in [1.807, 2.05) is 18.3 Å². The van der Waals surface area contributed by atoms with Crippen LogP contribution in [0.3, 0.4) is 0 Å². The summed E-state index contributed by atoms with van der Waals surface area (Å²) in [7, 11) is 1.63. The van der Waals surface area contributed by atoms with Crippen LogP contribution in [0.1, 0.15) is 18.9 Å². The first-order chi connectivity index (χ1) is 8.83. The van der Waals surface area contributed by atoms with Crippen LogP contribution in [0.2, 0.25) is 0 Å². The van der Waals surface area contributed by atoms with Crippen LogP contribution in [-0.2, 0) is 11.2 Å². The minimum absolute atomic E-state index is 0.243. The maximum Gasteiger partial charge on any atom is 0.212 e.